The number of halogens is 1. The summed E-state index contributed by atoms with van der Waals surface area (Å²) in [5, 5.41) is 1.53. The second-order valence-electron chi connectivity index (χ2n) is 4.66. The first-order valence-electron chi connectivity index (χ1n) is 6.70. The van der Waals surface area contributed by atoms with Crippen molar-refractivity contribution in [3.8, 4) is 5.75 Å². The zero-order valence-corrected chi connectivity index (χ0v) is 14.1. The van der Waals surface area contributed by atoms with Gasteiger partial charge in [0.1, 0.15) is 5.75 Å². The quantitative estimate of drug-likeness (QED) is 0.786. The first kappa shape index (κ1) is 17.1. The standard InChI is InChI=1S/C17H16ClNO3S/c1-3-23(20,21)19-16-10-11-17(22-2)14(12-16)7-4-13-5-8-15(18)9-6-13/h3-12,19H,1H2,2H3. The number of nitrogens with one attached hydrogen (secondary N) is 1. The molecule has 0 spiro atoms. The zero-order chi connectivity index (χ0) is 16.9. The van der Waals surface area contributed by atoms with E-state index in [0.29, 0.717) is 16.5 Å². The number of benzene rings is 2. The monoisotopic (exact) mass is 349 g/mol. The first-order chi connectivity index (χ1) is 10.9. The summed E-state index contributed by atoms with van der Waals surface area (Å²) in [4.78, 5) is 0. The number of anilines is 1. The average Bonchev–Trinajstić information content (AvgIpc) is 2.54. The fourth-order valence-corrected chi connectivity index (χ4v) is 2.56. The van der Waals surface area contributed by atoms with Gasteiger partial charge in [-0.3, -0.25) is 4.72 Å². The van der Waals surface area contributed by atoms with Gasteiger partial charge in [0.05, 0.1) is 7.11 Å². The van der Waals surface area contributed by atoms with Crippen molar-refractivity contribution in [1.29, 1.82) is 0 Å². The fourth-order valence-electron chi connectivity index (χ4n) is 1.89. The van der Waals surface area contributed by atoms with Crippen LogP contribution in [0.25, 0.3) is 12.2 Å². The summed E-state index contributed by atoms with van der Waals surface area (Å²) >= 11 is 5.86. The molecular weight excluding hydrogens is 334 g/mol. The van der Waals surface area contributed by atoms with Gasteiger partial charge in [0.2, 0.25) is 0 Å². The molecule has 1 N–H and O–H groups in total. The summed E-state index contributed by atoms with van der Waals surface area (Å²) in [5.74, 6) is 0.636. The van der Waals surface area contributed by atoms with Crippen molar-refractivity contribution < 1.29 is 13.2 Å². The second-order valence-corrected chi connectivity index (χ2v) is 6.72. The molecule has 0 aliphatic heterocycles. The van der Waals surface area contributed by atoms with Crippen molar-refractivity contribution in [2.75, 3.05) is 11.8 Å². The molecule has 23 heavy (non-hydrogen) atoms. The molecule has 0 bridgehead atoms. The van der Waals surface area contributed by atoms with Crippen LogP contribution >= 0.6 is 11.6 Å². The van der Waals surface area contributed by atoms with Gasteiger partial charge < -0.3 is 4.74 Å². The number of ether oxygens (including phenoxy) is 1. The lowest BCUT2D eigenvalue weighted by atomic mass is 10.1. The molecule has 0 atom stereocenters. The minimum absolute atomic E-state index is 0.432. The number of rotatable bonds is 6. The SMILES string of the molecule is C=CS(=O)(=O)Nc1ccc(OC)c(C=Cc2ccc(Cl)cc2)c1. The minimum Gasteiger partial charge on any atom is -0.496 e. The Hall–Kier alpha value is -2.24. The van der Waals surface area contributed by atoms with Crippen molar-refractivity contribution in [3.63, 3.8) is 0 Å². The van der Waals surface area contributed by atoms with Gasteiger partial charge in [-0.2, -0.15) is 0 Å². The molecular formula is C17H16ClNO3S. The smallest absolute Gasteiger partial charge is 0.254 e. The third-order valence-electron chi connectivity index (χ3n) is 3.03. The highest BCUT2D eigenvalue weighted by Crippen LogP contribution is 2.25. The summed E-state index contributed by atoms with van der Waals surface area (Å²) in [5.41, 5.74) is 2.14. The molecule has 0 saturated heterocycles. The van der Waals surface area contributed by atoms with Crippen LogP contribution in [0.5, 0.6) is 5.75 Å². The maximum absolute atomic E-state index is 11.6. The summed E-state index contributed by atoms with van der Waals surface area (Å²) in [6.07, 6.45) is 3.73. The van der Waals surface area contributed by atoms with Gasteiger partial charge >= 0.3 is 0 Å². The van der Waals surface area contributed by atoms with Crippen LogP contribution in [0.1, 0.15) is 11.1 Å². The fraction of sp³-hybridized carbons (Fsp3) is 0.0588. The number of hydrogen-bond acceptors (Lipinski definition) is 3. The van der Waals surface area contributed by atoms with Gasteiger partial charge in [0.25, 0.3) is 10.0 Å². The minimum atomic E-state index is -3.55. The molecule has 0 heterocycles. The van der Waals surface area contributed by atoms with Crippen LogP contribution in [0.2, 0.25) is 5.02 Å². The van der Waals surface area contributed by atoms with Crippen molar-refractivity contribution >= 4 is 39.5 Å². The molecule has 120 valence electrons. The summed E-state index contributed by atoms with van der Waals surface area (Å²) in [6.45, 7) is 3.27. The van der Waals surface area contributed by atoms with E-state index in [-0.39, 0.29) is 0 Å². The topological polar surface area (TPSA) is 55.4 Å². The molecule has 2 rings (SSSR count). The largest absolute Gasteiger partial charge is 0.496 e. The average molecular weight is 350 g/mol. The molecule has 0 aromatic heterocycles. The van der Waals surface area contributed by atoms with Gasteiger partial charge in [0, 0.05) is 21.7 Å². The Labute approximate surface area is 141 Å². The first-order valence-corrected chi connectivity index (χ1v) is 8.63. The Balaban J connectivity index is 2.32. The van der Waals surface area contributed by atoms with Crippen LogP contribution in [0, 0.1) is 0 Å². The van der Waals surface area contributed by atoms with Crippen molar-refractivity contribution in [1.82, 2.24) is 0 Å². The maximum Gasteiger partial charge on any atom is 0.254 e. The highest BCUT2D eigenvalue weighted by atomic mass is 35.5. The van der Waals surface area contributed by atoms with Crippen LogP contribution < -0.4 is 9.46 Å². The number of sulfonamides is 1. The summed E-state index contributed by atoms with van der Waals surface area (Å²) < 4.78 is 30.8. The normalized spacial score (nSPS) is 11.4. The molecule has 2 aromatic carbocycles. The van der Waals surface area contributed by atoms with Crippen LogP contribution in [0.15, 0.2) is 54.5 Å². The Morgan fingerprint density at radius 2 is 1.83 bits per heavy atom. The zero-order valence-electron chi connectivity index (χ0n) is 12.5. The number of hydrogen-bond donors (Lipinski definition) is 1. The van der Waals surface area contributed by atoms with E-state index in [1.807, 2.05) is 24.3 Å². The van der Waals surface area contributed by atoms with Gasteiger partial charge in [-0.05, 0) is 35.9 Å². The van der Waals surface area contributed by atoms with E-state index in [4.69, 9.17) is 16.3 Å². The third kappa shape index (κ3) is 4.87. The van der Waals surface area contributed by atoms with Gasteiger partial charge in [0.15, 0.2) is 0 Å². The van der Waals surface area contributed by atoms with E-state index in [1.54, 1.807) is 37.4 Å². The molecule has 0 fully saturated rings. The molecule has 0 radical (unpaired) electrons. The maximum atomic E-state index is 11.6. The van der Waals surface area contributed by atoms with E-state index < -0.39 is 10.0 Å². The van der Waals surface area contributed by atoms with E-state index in [2.05, 4.69) is 11.3 Å². The highest BCUT2D eigenvalue weighted by molar-refractivity contribution is 7.95. The van der Waals surface area contributed by atoms with Crippen LogP contribution in [0.4, 0.5) is 5.69 Å². The Bertz CT molecular complexity index is 827. The summed E-state index contributed by atoms with van der Waals surface area (Å²) in [6, 6.07) is 12.4. The molecule has 0 amide bonds. The molecule has 0 saturated carbocycles. The summed E-state index contributed by atoms with van der Waals surface area (Å²) in [7, 11) is -1.99. The van der Waals surface area contributed by atoms with Crippen molar-refractivity contribution in [3.05, 3.63) is 70.6 Å². The molecule has 2 aromatic rings. The number of methoxy groups -OCH3 is 1. The molecule has 6 heteroatoms. The molecule has 0 aliphatic rings. The Morgan fingerprint density at radius 3 is 2.43 bits per heavy atom. The van der Waals surface area contributed by atoms with Crippen LogP contribution in [0.3, 0.4) is 0 Å². The molecule has 0 aliphatic carbocycles. The molecule has 0 unspecified atom stereocenters. The van der Waals surface area contributed by atoms with Crippen molar-refractivity contribution in [2.24, 2.45) is 0 Å². The van der Waals surface area contributed by atoms with Gasteiger partial charge in [-0.25, -0.2) is 8.42 Å². The predicted molar refractivity (Wildman–Crippen MR) is 96.1 cm³/mol. The van der Waals surface area contributed by atoms with E-state index >= 15 is 0 Å². The lowest BCUT2D eigenvalue weighted by Gasteiger charge is -2.09. The van der Waals surface area contributed by atoms with Crippen LogP contribution in [-0.2, 0) is 10.0 Å². The lowest BCUT2D eigenvalue weighted by molar-refractivity contribution is 0.414. The molecule has 4 nitrogen and oxygen atoms in total. The van der Waals surface area contributed by atoms with Gasteiger partial charge in [-0.1, -0.05) is 42.5 Å². The van der Waals surface area contributed by atoms with Crippen LogP contribution in [-0.4, -0.2) is 15.5 Å². The van der Waals surface area contributed by atoms with E-state index in [0.717, 1.165) is 16.5 Å². The lowest BCUT2D eigenvalue weighted by Crippen LogP contribution is -2.08. The van der Waals surface area contributed by atoms with E-state index in [9.17, 15) is 8.42 Å². The third-order valence-corrected chi connectivity index (χ3v) is 4.25. The Morgan fingerprint density at radius 1 is 1.13 bits per heavy atom. The van der Waals surface area contributed by atoms with Crippen molar-refractivity contribution in [2.45, 2.75) is 0 Å². The predicted octanol–water partition coefficient (Wildman–Crippen LogP) is 4.40. The van der Waals surface area contributed by atoms with Gasteiger partial charge in [-0.15, -0.1) is 0 Å². The second kappa shape index (κ2) is 7.35. The highest BCUT2D eigenvalue weighted by Gasteiger charge is 2.07. The van der Waals surface area contributed by atoms with E-state index in [1.165, 1.54) is 0 Å². The Kier molecular flexibility index (Phi) is 5.47.